The van der Waals surface area contributed by atoms with Gasteiger partial charge in [-0.15, -0.1) is 0 Å². The van der Waals surface area contributed by atoms with E-state index in [1.807, 2.05) is 6.07 Å². The smallest absolute Gasteiger partial charge is 0.325 e. The Morgan fingerprint density at radius 2 is 2.08 bits per heavy atom. The zero-order chi connectivity index (χ0) is 10.0. The Labute approximate surface area is 92.2 Å². The number of benzene rings is 1. The van der Waals surface area contributed by atoms with Gasteiger partial charge >= 0.3 is 5.97 Å². The zero-order valence-corrected chi connectivity index (χ0v) is 9.67. The van der Waals surface area contributed by atoms with Crippen LogP contribution in [-0.4, -0.2) is 11.1 Å². The van der Waals surface area contributed by atoms with Gasteiger partial charge in [0.25, 0.3) is 0 Å². The number of carbonyl (C=O) groups is 1. The molecule has 3 N–H and O–H groups in total. The van der Waals surface area contributed by atoms with Crippen LogP contribution in [0.2, 0.25) is 0 Å². The van der Waals surface area contributed by atoms with Gasteiger partial charge in [0.15, 0.2) is 0 Å². The van der Waals surface area contributed by atoms with Crippen LogP contribution < -0.4 is 5.73 Å². The van der Waals surface area contributed by atoms with Crippen LogP contribution in [0.5, 0.6) is 0 Å². The number of hydrogen-bond acceptors (Lipinski definition) is 2. The molecule has 0 saturated carbocycles. The Bertz CT molecular complexity index is 341. The summed E-state index contributed by atoms with van der Waals surface area (Å²) in [5.41, 5.74) is 6.01. The Balaban J connectivity index is 3.12. The molecule has 0 radical (unpaired) electrons. The maximum absolute atomic E-state index is 10.6. The average Bonchev–Trinajstić information content (AvgIpc) is 2.08. The zero-order valence-electron chi connectivity index (χ0n) is 6.50. The molecular weight excluding hydrogens is 302 g/mol. The number of carboxylic acid groups (broad SMARTS) is 1. The summed E-state index contributed by atoms with van der Waals surface area (Å²) >= 11 is 6.48. The van der Waals surface area contributed by atoms with Crippen molar-refractivity contribution in [1.29, 1.82) is 0 Å². The van der Waals surface area contributed by atoms with Crippen molar-refractivity contribution >= 4 is 37.8 Å². The second-order valence-corrected chi connectivity index (χ2v) is 4.25. The number of nitrogens with two attached hydrogens (primary N) is 1. The van der Waals surface area contributed by atoms with Crippen LogP contribution in [0.25, 0.3) is 0 Å². The molecule has 1 rings (SSSR count). The molecule has 1 aromatic carbocycles. The van der Waals surface area contributed by atoms with E-state index in [4.69, 9.17) is 10.8 Å². The molecule has 0 aliphatic carbocycles. The monoisotopic (exact) mass is 307 g/mol. The summed E-state index contributed by atoms with van der Waals surface area (Å²) in [4.78, 5) is 10.6. The lowest BCUT2D eigenvalue weighted by Gasteiger charge is -2.09. The predicted molar refractivity (Wildman–Crippen MR) is 56.4 cm³/mol. The van der Waals surface area contributed by atoms with Gasteiger partial charge in [-0.3, -0.25) is 4.79 Å². The lowest BCUT2D eigenvalue weighted by atomic mass is 10.1. The molecule has 0 bridgehead atoms. The summed E-state index contributed by atoms with van der Waals surface area (Å²) in [5, 5.41) is 8.69. The first-order valence-corrected chi connectivity index (χ1v) is 5.04. The predicted octanol–water partition coefficient (Wildman–Crippen LogP) is 2.30. The van der Waals surface area contributed by atoms with Crippen molar-refractivity contribution in [2.45, 2.75) is 6.04 Å². The lowest BCUT2D eigenvalue weighted by Crippen LogP contribution is -2.21. The van der Waals surface area contributed by atoms with Crippen LogP contribution in [0, 0.1) is 0 Å². The lowest BCUT2D eigenvalue weighted by molar-refractivity contribution is -0.138. The summed E-state index contributed by atoms with van der Waals surface area (Å²) in [6.07, 6.45) is 0. The Kier molecular flexibility index (Phi) is 3.47. The molecular formula is C8H7Br2NO2. The fourth-order valence-corrected chi connectivity index (χ4v) is 1.76. The molecule has 0 amide bonds. The fourth-order valence-electron chi connectivity index (χ4n) is 0.886. The minimum absolute atomic E-state index is 0.557. The van der Waals surface area contributed by atoms with Crippen LogP contribution >= 0.6 is 31.9 Å². The summed E-state index contributed by atoms with van der Waals surface area (Å²) in [5.74, 6) is -1.04. The molecule has 0 spiro atoms. The quantitative estimate of drug-likeness (QED) is 0.881. The van der Waals surface area contributed by atoms with E-state index in [0.29, 0.717) is 10.0 Å². The highest BCUT2D eigenvalue weighted by Crippen LogP contribution is 2.25. The Morgan fingerprint density at radius 1 is 1.46 bits per heavy atom. The molecule has 0 heterocycles. The van der Waals surface area contributed by atoms with E-state index in [9.17, 15) is 4.79 Å². The van der Waals surface area contributed by atoms with Gasteiger partial charge in [-0.1, -0.05) is 31.9 Å². The molecule has 70 valence electrons. The van der Waals surface area contributed by atoms with Crippen LogP contribution in [0.15, 0.2) is 27.1 Å². The molecule has 0 fully saturated rings. The molecule has 0 aromatic heterocycles. The Morgan fingerprint density at radius 3 is 2.62 bits per heavy atom. The van der Waals surface area contributed by atoms with Crippen LogP contribution in [0.4, 0.5) is 0 Å². The summed E-state index contributed by atoms with van der Waals surface area (Å²) < 4.78 is 1.51. The van der Waals surface area contributed by atoms with Gasteiger partial charge in [0, 0.05) is 8.95 Å². The summed E-state index contributed by atoms with van der Waals surface area (Å²) in [6, 6.07) is 4.25. The third kappa shape index (κ3) is 2.52. The first-order chi connectivity index (χ1) is 6.02. The standard InChI is InChI=1S/C8H7Br2NO2/c9-4-1-2-6(10)5(3-4)7(11)8(12)13/h1-3,7H,11H2,(H,12,13). The van der Waals surface area contributed by atoms with Gasteiger partial charge in [0.05, 0.1) is 0 Å². The van der Waals surface area contributed by atoms with E-state index in [0.717, 1.165) is 4.47 Å². The van der Waals surface area contributed by atoms with Crippen molar-refractivity contribution in [2.75, 3.05) is 0 Å². The van der Waals surface area contributed by atoms with Crippen LogP contribution in [-0.2, 0) is 4.79 Å². The third-order valence-corrected chi connectivity index (χ3v) is 2.77. The minimum Gasteiger partial charge on any atom is -0.480 e. The molecule has 3 nitrogen and oxygen atoms in total. The molecule has 0 aliphatic heterocycles. The van der Waals surface area contributed by atoms with E-state index < -0.39 is 12.0 Å². The largest absolute Gasteiger partial charge is 0.480 e. The molecule has 0 saturated heterocycles. The molecule has 13 heavy (non-hydrogen) atoms. The highest BCUT2D eigenvalue weighted by Gasteiger charge is 2.16. The van der Waals surface area contributed by atoms with Crippen LogP contribution in [0.3, 0.4) is 0 Å². The second kappa shape index (κ2) is 4.21. The topological polar surface area (TPSA) is 63.3 Å². The minimum atomic E-state index is -1.04. The maximum atomic E-state index is 10.6. The molecule has 1 aromatic rings. The number of hydrogen-bond donors (Lipinski definition) is 2. The molecule has 1 atom stereocenters. The van der Waals surface area contributed by atoms with Gasteiger partial charge in [0.1, 0.15) is 6.04 Å². The molecule has 5 heteroatoms. The highest BCUT2D eigenvalue weighted by molar-refractivity contribution is 9.11. The van der Waals surface area contributed by atoms with Crippen molar-refractivity contribution < 1.29 is 9.90 Å². The number of halogens is 2. The van der Waals surface area contributed by atoms with Gasteiger partial charge in [-0.05, 0) is 23.8 Å². The third-order valence-electron chi connectivity index (χ3n) is 1.56. The van der Waals surface area contributed by atoms with Gasteiger partial charge in [0.2, 0.25) is 0 Å². The first kappa shape index (κ1) is 10.7. The van der Waals surface area contributed by atoms with Crippen molar-refractivity contribution in [3.63, 3.8) is 0 Å². The summed E-state index contributed by atoms with van der Waals surface area (Å²) in [7, 11) is 0. The second-order valence-electron chi connectivity index (χ2n) is 2.48. The van der Waals surface area contributed by atoms with Crippen LogP contribution in [0.1, 0.15) is 11.6 Å². The average molecular weight is 309 g/mol. The SMILES string of the molecule is NC(C(=O)O)c1cc(Br)ccc1Br. The fraction of sp³-hybridized carbons (Fsp3) is 0.125. The van der Waals surface area contributed by atoms with Gasteiger partial charge < -0.3 is 10.8 Å². The van der Waals surface area contributed by atoms with Crippen molar-refractivity contribution in [2.24, 2.45) is 5.73 Å². The Hall–Kier alpha value is -0.390. The number of rotatable bonds is 2. The van der Waals surface area contributed by atoms with E-state index in [1.165, 1.54) is 0 Å². The van der Waals surface area contributed by atoms with Crippen molar-refractivity contribution in [1.82, 2.24) is 0 Å². The summed E-state index contributed by atoms with van der Waals surface area (Å²) in [6.45, 7) is 0. The highest BCUT2D eigenvalue weighted by atomic mass is 79.9. The maximum Gasteiger partial charge on any atom is 0.325 e. The first-order valence-electron chi connectivity index (χ1n) is 3.45. The van der Waals surface area contributed by atoms with Crippen molar-refractivity contribution in [3.8, 4) is 0 Å². The van der Waals surface area contributed by atoms with E-state index >= 15 is 0 Å². The van der Waals surface area contributed by atoms with E-state index in [-0.39, 0.29) is 0 Å². The number of carboxylic acids is 1. The van der Waals surface area contributed by atoms with Gasteiger partial charge in [-0.2, -0.15) is 0 Å². The number of aliphatic carboxylic acids is 1. The van der Waals surface area contributed by atoms with Gasteiger partial charge in [-0.25, -0.2) is 0 Å². The molecule has 1 unspecified atom stereocenters. The van der Waals surface area contributed by atoms with Crippen molar-refractivity contribution in [3.05, 3.63) is 32.7 Å². The van der Waals surface area contributed by atoms with E-state index in [2.05, 4.69) is 31.9 Å². The normalized spacial score (nSPS) is 12.5. The van der Waals surface area contributed by atoms with E-state index in [1.54, 1.807) is 12.1 Å². The molecule has 0 aliphatic rings.